The second-order valence-electron chi connectivity index (χ2n) is 6.17. The summed E-state index contributed by atoms with van der Waals surface area (Å²) in [5.74, 6) is 0.868. The van der Waals surface area contributed by atoms with Gasteiger partial charge in [0, 0.05) is 0 Å². The van der Waals surface area contributed by atoms with Crippen molar-refractivity contribution in [2.45, 2.75) is 33.6 Å². The van der Waals surface area contributed by atoms with Crippen molar-refractivity contribution >= 4 is 12.1 Å². The van der Waals surface area contributed by atoms with Gasteiger partial charge in [0.25, 0.3) is 5.91 Å². The van der Waals surface area contributed by atoms with Gasteiger partial charge in [-0.15, -0.1) is 0 Å². The third-order valence-electron chi connectivity index (χ3n) is 3.72. The monoisotopic (exact) mass is 324 g/mol. The molecule has 0 aliphatic carbocycles. The van der Waals surface area contributed by atoms with Crippen LogP contribution in [0.25, 0.3) is 0 Å². The maximum Gasteiger partial charge on any atom is 0.277 e. The minimum Gasteiger partial charge on any atom is -0.483 e. The van der Waals surface area contributed by atoms with Crippen molar-refractivity contribution in [3.63, 3.8) is 0 Å². The third-order valence-corrected chi connectivity index (χ3v) is 3.72. The first kappa shape index (κ1) is 17.7. The second-order valence-corrected chi connectivity index (χ2v) is 6.17. The van der Waals surface area contributed by atoms with Gasteiger partial charge in [0.1, 0.15) is 5.75 Å². The molecule has 0 aliphatic heterocycles. The van der Waals surface area contributed by atoms with Crippen LogP contribution in [0.1, 0.15) is 42.0 Å². The van der Waals surface area contributed by atoms with E-state index in [0.29, 0.717) is 5.92 Å². The predicted octanol–water partition coefficient (Wildman–Crippen LogP) is 3.96. The number of rotatable bonds is 6. The summed E-state index contributed by atoms with van der Waals surface area (Å²) in [5.41, 5.74) is 6.79. The molecule has 0 aliphatic rings. The largest absolute Gasteiger partial charge is 0.483 e. The van der Waals surface area contributed by atoms with Gasteiger partial charge in [0.05, 0.1) is 6.21 Å². The predicted molar refractivity (Wildman–Crippen MR) is 97.7 cm³/mol. The summed E-state index contributed by atoms with van der Waals surface area (Å²) in [6.07, 6.45) is 1.61. The molecule has 2 rings (SSSR count). The van der Waals surface area contributed by atoms with Crippen molar-refractivity contribution in [3.8, 4) is 5.75 Å². The van der Waals surface area contributed by atoms with Crippen LogP contribution < -0.4 is 10.2 Å². The third kappa shape index (κ3) is 5.23. The number of hydrogen-bond acceptors (Lipinski definition) is 3. The highest BCUT2D eigenvalue weighted by molar-refractivity contribution is 5.82. The molecule has 4 heteroatoms. The average Bonchev–Trinajstić information content (AvgIpc) is 2.55. The zero-order valence-electron chi connectivity index (χ0n) is 14.7. The average molecular weight is 324 g/mol. The maximum atomic E-state index is 11.8. The molecule has 0 saturated carbocycles. The van der Waals surface area contributed by atoms with E-state index in [-0.39, 0.29) is 12.5 Å². The van der Waals surface area contributed by atoms with Crippen LogP contribution >= 0.6 is 0 Å². The molecule has 1 amide bonds. The Morgan fingerprint density at radius 3 is 2.54 bits per heavy atom. The molecule has 4 nitrogen and oxygen atoms in total. The number of aryl methyl sites for hydroxylation is 2. The molecule has 24 heavy (non-hydrogen) atoms. The normalized spacial score (nSPS) is 11.0. The fraction of sp³-hybridized carbons (Fsp3) is 0.300. The Morgan fingerprint density at radius 2 is 1.88 bits per heavy atom. The summed E-state index contributed by atoms with van der Waals surface area (Å²) in [4.78, 5) is 11.8. The summed E-state index contributed by atoms with van der Waals surface area (Å²) < 4.78 is 5.62. The molecule has 0 atom stereocenters. The summed E-state index contributed by atoms with van der Waals surface area (Å²) in [6, 6.07) is 14.0. The molecule has 0 heterocycles. The van der Waals surface area contributed by atoms with Gasteiger partial charge in [-0.2, -0.15) is 5.10 Å². The van der Waals surface area contributed by atoms with E-state index in [9.17, 15) is 4.79 Å². The summed E-state index contributed by atoms with van der Waals surface area (Å²) >= 11 is 0. The van der Waals surface area contributed by atoms with Crippen LogP contribution in [0.15, 0.2) is 47.6 Å². The van der Waals surface area contributed by atoms with Gasteiger partial charge in [0.15, 0.2) is 6.61 Å². The van der Waals surface area contributed by atoms with E-state index in [2.05, 4.69) is 30.4 Å². The summed E-state index contributed by atoms with van der Waals surface area (Å²) in [6.45, 7) is 8.18. The number of carbonyl (C=O) groups excluding carboxylic acids is 1. The molecule has 1 N–H and O–H groups in total. The Balaban J connectivity index is 1.87. The van der Waals surface area contributed by atoms with E-state index in [1.807, 2.05) is 50.2 Å². The smallest absolute Gasteiger partial charge is 0.277 e. The van der Waals surface area contributed by atoms with Crippen LogP contribution in [0.5, 0.6) is 5.75 Å². The van der Waals surface area contributed by atoms with Gasteiger partial charge in [-0.1, -0.05) is 55.8 Å². The number of carbonyl (C=O) groups is 1. The maximum absolute atomic E-state index is 11.8. The molecular formula is C20H24N2O2. The molecule has 2 aromatic rings. The van der Waals surface area contributed by atoms with E-state index in [0.717, 1.165) is 16.9 Å². The number of benzene rings is 2. The number of hydrogen-bond donors (Lipinski definition) is 1. The van der Waals surface area contributed by atoms with Crippen LogP contribution in [0, 0.1) is 13.8 Å². The van der Waals surface area contributed by atoms with Gasteiger partial charge in [-0.3, -0.25) is 4.79 Å². The number of amides is 1. The van der Waals surface area contributed by atoms with Crippen molar-refractivity contribution in [2.24, 2.45) is 5.10 Å². The lowest BCUT2D eigenvalue weighted by Crippen LogP contribution is -2.24. The Morgan fingerprint density at radius 1 is 1.17 bits per heavy atom. The lowest BCUT2D eigenvalue weighted by molar-refractivity contribution is -0.123. The van der Waals surface area contributed by atoms with Gasteiger partial charge in [0.2, 0.25) is 0 Å². The Hall–Kier alpha value is -2.62. The molecule has 0 aromatic heterocycles. The molecular weight excluding hydrogens is 300 g/mol. The van der Waals surface area contributed by atoms with E-state index >= 15 is 0 Å². The van der Waals surface area contributed by atoms with Crippen LogP contribution in [0.3, 0.4) is 0 Å². The summed E-state index contributed by atoms with van der Waals surface area (Å²) in [7, 11) is 0. The Bertz CT molecular complexity index is 719. The first-order valence-electron chi connectivity index (χ1n) is 8.07. The number of nitrogens with zero attached hydrogens (tertiary/aromatic N) is 1. The van der Waals surface area contributed by atoms with Crippen LogP contribution in [0.2, 0.25) is 0 Å². The van der Waals surface area contributed by atoms with Crippen molar-refractivity contribution in [1.82, 2.24) is 5.43 Å². The number of hydrazone groups is 1. The Labute approximate surface area is 143 Å². The van der Waals surface area contributed by atoms with Crippen LogP contribution in [-0.4, -0.2) is 18.7 Å². The molecule has 0 bridgehead atoms. The first-order chi connectivity index (χ1) is 11.5. The highest BCUT2D eigenvalue weighted by atomic mass is 16.5. The number of nitrogens with one attached hydrogen (secondary N) is 1. The molecule has 0 radical (unpaired) electrons. The fourth-order valence-electron chi connectivity index (χ4n) is 2.14. The molecule has 126 valence electrons. The van der Waals surface area contributed by atoms with Gasteiger partial charge >= 0.3 is 0 Å². The van der Waals surface area contributed by atoms with Crippen LogP contribution in [-0.2, 0) is 4.79 Å². The van der Waals surface area contributed by atoms with Crippen molar-refractivity contribution in [2.75, 3.05) is 6.61 Å². The zero-order valence-corrected chi connectivity index (χ0v) is 14.7. The van der Waals surface area contributed by atoms with E-state index in [1.165, 1.54) is 11.1 Å². The standard InChI is InChI=1S/C20H24N2O2/c1-14(2)18-10-7-16(4)19(11-18)24-13-20(23)22-21-12-17-8-5-15(3)6-9-17/h5-12,14H,13H2,1-4H3,(H,22,23). The minimum atomic E-state index is -0.285. The summed E-state index contributed by atoms with van der Waals surface area (Å²) in [5, 5.41) is 3.95. The molecule has 0 unspecified atom stereocenters. The highest BCUT2D eigenvalue weighted by Crippen LogP contribution is 2.24. The van der Waals surface area contributed by atoms with E-state index in [4.69, 9.17) is 4.74 Å². The van der Waals surface area contributed by atoms with Gasteiger partial charge in [-0.25, -0.2) is 5.43 Å². The Kier molecular flexibility index (Phi) is 6.13. The van der Waals surface area contributed by atoms with Gasteiger partial charge < -0.3 is 4.74 Å². The molecule has 0 spiro atoms. The van der Waals surface area contributed by atoms with Crippen molar-refractivity contribution < 1.29 is 9.53 Å². The molecule has 0 saturated heterocycles. The lowest BCUT2D eigenvalue weighted by Gasteiger charge is -2.12. The highest BCUT2D eigenvalue weighted by Gasteiger charge is 2.07. The topological polar surface area (TPSA) is 50.7 Å². The fourth-order valence-corrected chi connectivity index (χ4v) is 2.14. The van der Waals surface area contributed by atoms with E-state index < -0.39 is 0 Å². The molecule has 2 aromatic carbocycles. The first-order valence-corrected chi connectivity index (χ1v) is 8.07. The quantitative estimate of drug-likeness (QED) is 0.646. The zero-order chi connectivity index (χ0) is 17.5. The second kappa shape index (κ2) is 8.29. The van der Waals surface area contributed by atoms with Gasteiger partial charge in [-0.05, 0) is 42.5 Å². The van der Waals surface area contributed by atoms with Crippen molar-refractivity contribution in [1.29, 1.82) is 0 Å². The van der Waals surface area contributed by atoms with Crippen LogP contribution in [0.4, 0.5) is 0 Å². The van der Waals surface area contributed by atoms with Crippen molar-refractivity contribution in [3.05, 3.63) is 64.7 Å². The van der Waals surface area contributed by atoms with E-state index in [1.54, 1.807) is 6.21 Å². The SMILES string of the molecule is Cc1ccc(C=NNC(=O)COc2cc(C(C)C)ccc2C)cc1. The molecule has 0 fully saturated rings. The number of ether oxygens (including phenoxy) is 1. The minimum absolute atomic E-state index is 0.0619. The lowest BCUT2D eigenvalue weighted by atomic mass is 10.0.